The molecule has 0 spiro atoms. The van der Waals surface area contributed by atoms with Crippen LogP contribution in [-0.4, -0.2) is 12.1 Å². The average Bonchev–Trinajstić information content (AvgIpc) is 3.05. The number of carbonyl (C=O) groups excluding carboxylic acids is 1. The molecule has 3 fully saturated rings. The molecule has 0 aromatic carbocycles. The second-order valence-electron chi connectivity index (χ2n) is 14.7. The molecule has 4 aliphatic rings. The molecule has 2 heteroatoms. The number of allylic oxidation sites excluding steroid dienone is 2. The van der Waals surface area contributed by atoms with Crippen LogP contribution in [0.1, 0.15) is 120 Å². The fourth-order valence-corrected chi connectivity index (χ4v) is 10.1. The van der Waals surface area contributed by atoms with Crippen molar-refractivity contribution in [1.82, 2.24) is 0 Å². The second-order valence-corrected chi connectivity index (χ2v) is 14.7. The van der Waals surface area contributed by atoms with E-state index in [0.717, 1.165) is 36.5 Å². The summed E-state index contributed by atoms with van der Waals surface area (Å²) < 4.78 is 5.85. The lowest BCUT2D eigenvalue weighted by molar-refractivity contribution is -0.159. The van der Waals surface area contributed by atoms with Gasteiger partial charge in [0.05, 0.1) is 0 Å². The minimum atomic E-state index is -0.134. The zero-order valence-corrected chi connectivity index (χ0v) is 24.4. The Kier molecular flexibility index (Phi) is 6.98. The van der Waals surface area contributed by atoms with E-state index in [2.05, 4.69) is 68.0 Å². The van der Waals surface area contributed by atoms with Gasteiger partial charge in [-0.25, -0.2) is 0 Å². The maximum absolute atomic E-state index is 11.8. The van der Waals surface area contributed by atoms with Crippen LogP contribution in [0.3, 0.4) is 0 Å². The minimum absolute atomic E-state index is 0.0126. The van der Waals surface area contributed by atoms with Crippen LogP contribution in [0.25, 0.3) is 0 Å². The van der Waals surface area contributed by atoms with Gasteiger partial charge in [0.25, 0.3) is 0 Å². The molecule has 4 rings (SSSR count). The molecule has 4 aliphatic carbocycles. The van der Waals surface area contributed by atoms with Gasteiger partial charge in [-0.05, 0) is 111 Å². The van der Waals surface area contributed by atoms with Crippen molar-refractivity contribution in [2.75, 3.05) is 0 Å². The van der Waals surface area contributed by atoms with E-state index in [1.807, 2.05) is 0 Å². The largest absolute Gasteiger partial charge is 0.462 e. The summed E-state index contributed by atoms with van der Waals surface area (Å²) in [4.78, 5) is 11.8. The minimum Gasteiger partial charge on any atom is -0.462 e. The van der Waals surface area contributed by atoms with Gasteiger partial charge >= 0.3 is 5.97 Å². The van der Waals surface area contributed by atoms with Gasteiger partial charge < -0.3 is 4.74 Å². The Hall–Kier alpha value is -1.05. The van der Waals surface area contributed by atoms with Crippen LogP contribution in [0.4, 0.5) is 0 Å². The van der Waals surface area contributed by atoms with Crippen molar-refractivity contribution < 1.29 is 9.53 Å². The van der Waals surface area contributed by atoms with Crippen LogP contribution in [-0.2, 0) is 9.53 Å². The van der Waals surface area contributed by atoms with Crippen LogP contribution in [0.2, 0.25) is 0 Å². The Morgan fingerprint density at radius 2 is 1.63 bits per heavy atom. The molecule has 9 atom stereocenters. The summed E-state index contributed by atoms with van der Waals surface area (Å²) in [6.45, 7) is 25.5. The molecular formula is C33H54O2. The van der Waals surface area contributed by atoms with Gasteiger partial charge in [0.1, 0.15) is 6.10 Å². The summed E-state index contributed by atoms with van der Waals surface area (Å²) in [6, 6.07) is 0. The van der Waals surface area contributed by atoms with Gasteiger partial charge in [-0.15, -0.1) is 0 Å². The fourth-order valence-electron chi connectivity index (χ4n) is 10.1. The number of carbonyl (C=O) groups is 1. The van der Waals surface area contributed by atoms with Crippen LogP contribution < -0.4 is 0 Å². The lowest BCUT2D eigenvalue weighted by Crippen LogP contribution is -2.58. The molecule has 0 aliphatic heterocycles. The first kappa shape index (κ1) is 27.0. The van der Waals surface area contributed by atoms with Gasteiger partial charge in [0, 0.05) is 12.3 Å². The van der Waals surface area contributed by atoms with E-state index < -0.39 is 0 Å². The van der Waals surface area contributed by atoms with Gasteiger partial charge in [-0.1, -0.05) is 72.3 Å². The molecule has 0 saturated heterocycles. The highest BCUT2D eigenvalue weighted by atomic mass is 16.5. The third-order valence-corrected chi connectivity index (χ3v) is 12.7. The van der Waals surface area contributed by atoms with Crippen molar-refractivity contribution in [3.8, 4) is 0 Å². The number of hydrogen-bond acceptors (Lipinski definition) is 2. The highest BCUT2D eigenvalue weighted by Crippen LogP contribution is 2.73. The van der Waals surface area contributed by atoms with Crippen molar-refractivity contribution in [2.45, 2.75) is 126 Å². The zero-order valence-electron chi connectivity index (χ0n) is 24.4. The predicted octanol–water partition coefficient (Wildman–Crippen LogP) is 9.15. The third-order valence-electron chi connectivity index (χ3n) is 12.7. The SMILES string of the molecule is C=C(C)[C@@H](C)CC[C@H](C)[C@@H]1CC[C@]2(C)[C@@H]3CC=C4C(C)(C)[C@@H](OC(C)=O)CC[C@]4(C)[C@H]3CC[C@@]12C. The molecule has 0 unspecified atom stereocenters. The molecule has 3 saturated carbocycles. The molecule has 0 heterocycles. The topological polar surface area (TPSA) is 26.3 Å². The Bertz CT molecular complexity index is 882. The number of hydrogen-bond donors (Lipinski definition) is 0. The van der Waals surface area contributed by atoms with Crippen LogP contribution in [0.15, 0.2) is 23.8 Å². The first-order valence-corrected chi connectivity index (χ1v) is 14.7. The summed E-state index contributed by atoms with van der Waals surface area (Å²) in [5.41, 5.74) is 3.98. The Morgan fingerprint density at radius 1 is 0.971 bits per heavy atom. The maximum Gasteiger partial charge on any atom is 0.302 e. The van der Waals surface area contributed by atoms with Crippen LogP contribution in [0.5, 0.6) is 0 Å². The van der Waals surface area contributed by atoms with E-state index in [4.69, 9.17) is 4.74 Å². The van der Waals surface area contributed by atoms with Crippen LogP contribution in [0, 0.1) is 51.2 Å². The van der Waals surface area contributed by atoms with E-state index in [-0.39, 0.29) is 22.9 Å². The van der Waals surface area contributed by atoms with Crippen molar-refractivity contribution in [2.24, 2.45) is 51.2 Å². The van der Waals surface area contributed by atoms with E-state index in [1.165, 1.54) is 50.5 Å². The molecule has 0 amide bonds. The summed E-state index contributed by atoms with van der Waals surface area (Å²) in [6.07, 6.45) is 14.2. The number of fused-ring (bicyclic) bond motifs is 5. The summed E-state index contributed by atoms with van der Waals surface area (Å²) in [7, 11) is 0. The van der Waals surface area contributed by atoms with E-state index >= 15 is 0 Å². The summed E-state index contributed by atoms with van der Waals surface area (Å²) in [5, 5.41) is 0. The highest BCUT2D eigenvalue weighted by molar-refractivity contribution is 5.66. The second kappa shape index (κ2) is 9.05. The van der Waals surface area contributed by atoms with Gasteiger partial charge in [0.15, 0.2) is 0 Å². The average molecular weight is 483 g/mol. The molecule has 0 aromatic heterocycles. The molecule has 0 N–H and O–H groups in total. The third kappa shape index (κ3) is 4.08. The molecule has 198 valence electrons. The Morgan fingerprint density at radius 3 is 2.26 bits per heavy atom. The molecule has 0 aromatic rings. The quantitative estimate of drug-likeness (QED) is 0.279. The number of ether oxygens (including phenoxy) is 1. The zero-order chi connectivity index (χ0) is 26.0. The van der Waals surface area contributed by atoms with E-state index in [9.17, 15) is 4.79 Å². The van der Waals surface area contributed by atoms with Crippen LogP contribution >= 0.6 is 0 Å². The number of esters is 1. The first-order chi connectivity index (χ1) is 16.2. The fraction of sp³-hybridized carbons (Fsp3) is 0.848. The Balaban J connectivity index is 1.59. The van der Waals surface area contributed by atoms with E-state index in [0.29, 0.717) is 16.7 Å². The van der Waals surface area contributed by atoms with Gasteiger partial charge in [-0.2, -0.15) is 0 Å². The van der Waals surface area contributed by atoms with Crippen molar-refractivity contribution in [3.63, 3.8) is 0 Å². The molecule has 0 bridgehead atoms. The smallest absolute Gasteiger partial charge is 0.302 e. The van der Waals surface area contributed by atoms with Gasteiger partial charge in [-0.3, -0.25) is 4.79 Å². The lowest BCUT2D eigenvalue weighted by Gasteiger charge is -2.64. The van der Waals surface area contributed by atoms with E-state index in [1.54, 1.807) is 12.5 Å². The lowest BCUT2D eigenvalue weighted by atomic mass is 9.40. The maximum atomic E-state index is 11.8. The normalized spacial score (nSPS) is 43.7. The predicted molar refractivity (Wildman–Crippen MR) is 147 cm³/mol. The molecule has 2 nitrogen and oxygen atoms in total. The molecular weight excluding hydrogens is 428 g/mol. The highest BCUT2D eigenvalue weighted by Gasteiger charge is 2.66. The standard InChI is InChI=1S/C33H54O2/c1-21(2)22(3)11-12-23(4)25-15-19-33(10)27-13-14-28-30(6,7)29(35-24(5)34)17-18-31(28,8)26(27)16-20-32(25,33)9/h14,22-23,25-27,29H,1,11-13,15-20H2,2-10H3/t22-,23-,25-,26-,27+,29-,31+,32-,33+/m0/s1. The van der Waals surface area contributed by atoms with Crippen molar-refractivity contribution in [3.05, 3.63) is 23.8 Å². The summed E-state index contributed by atoms with van der Waals surface area (Å²) in [5.74, 6) is 3.69. The monoisotopic (exact) mass is 482 g/mol. The first-order valence-electron chi connectivity index (χ1n) is 14.7. The molecule has 0 radical (unpaired) electrons. The van der Waals surface area contributed by atoms with Gasteiger partial charge in [0.2, 0.25) is 0 Å². The molecule has 35 heavy (non-hydrogen) atoms. The summed E-state index contributed by atoms with van der Waals surface area (Å²) >= 11 is 0. The Labute approximate surface area is 216 Å². The van der Waals surface area contributed by atoms with Crippen molar-refractivity contribution in [1.29, 1.82) is 0 Å². The van der Waals surface area contributed by atoms with Crippen molar-refractivity contribution >= 4 is 5.97 Å². The number of rotatable bonds is 6.